The zero-order valence-electron chi connectivity index (χ0n) is 9.80. The van der Waals surface area contributed by atoms with Gasteiger partial charge >= 0.3 is 0 Å². The van der Waals surface area contributed by atoms with Gasteiger partial charge in [-0.15, -0.1) is 11.8 Å². The molecule has 3 rings (SSSR count). The molecular weight excluding hydrogens is 234 g/mol. The standard InChI is InChI=1S/C13H17NO2S/c15-13(10-3-4-10)14-6-5-12(17-9-7-14)11-2-1-8-16-11/h1-2,8,10,12H,3-7,9H2/t12-/m0/s1. The molecule has 1 amide bonds. The number of amides is 1. The second kappa shape index (κ2) is 4.77. The van der Waals surface area contributed by atoms with Crippen molar-refractivity contribution >= 4 is 17.7 Å². The van der Waals surface area contributed by atoms with Crippen LogP contribution in [-0.4, -0.2) is 29.6 Å². The van der Waals surface area contributed by atoms with Crippen molar-refractivity contribution in [3.05, 3.63) is 24.2 Å². The quantitative estimate of drug-likeness (QED) is 0.810. The van der Waals surface area contributed by atoms with Gasteiger partial charge in [0.2, 0.25) is 5.91 Å². The number of hydrogen-bond donors (Lipinski definition) is 0. The Bertz CT molecular complexity index is 386. The normalized spacial score (nSPS) is 25.6. The van der Waals surface area contributed by atoms with Crippen LogP contribution >= 0.6 is 11.8 Å². The van der Waals surface area contributed by atoms with Gasteiger partial charge < -0.3 is 9.32 Å². The highest BCUT2D eigenvalue weighted by Crippen LogP contribution is 2.36. The zero-order chi connectivity index (χ0) is 11.7. The van der Waals surface area contributed by atoms with Crippen LogP contribution in [0.3, 0.4) is 0 Å². The molecule has 0 aromatic carbocycles. The molecule has 1 aromatic rings. The maximum atomic E-state index is 12.0. The van der Waals surface area contributed by atoms with E-state index in [0.29, 0.717) is 17.1 Å². The lowest BCUT2D eigenvalue weighted by molar-refractivity contribution is -0.132. The third-order valence-corrected chi connectivity index (χ3v) is 4.73. The monoisotopic (exact) mass is 251 g/mol. The van der Waals surface area contributed by atoms with Gasteiger partial charge in [0, 0.05) is 24.8 Å². The zero-order valence-corrected chi connectivity index (χ0v) is 10.6. The summed E-state index contributed by atoms with van der Waals surface area (Å²) < 4.78 is 5.46. The number of carbonyl (C=O) groups excluding carboxylic acids is 1. The van der Waals surface area contributed by atoms with Gasteiger partial charge in [0.05, 0.1) is 11.5 Å². The number of rotatable bonds is 2. The first kappa shape index (κ1) is 11.2. The molecule has 3 nitrogen and oxygen atoms in total. The molecule has 2 aliphatic rings. The summed E-state index contributed by atoms with van der Waals surface area (Å²) in [7, 11) is 0. The van der Waals surface area contributed by atoms with Crippen molar-refractivity contribution in [3.63, 3.8) is 0 Å². The Kier molecular flexibility index (Phi) is 3.14. The molecular formula is C13H17NO2S. The van der Waals surface area contributed by atoms with Gasteiger partial charge in [-0.3, -0.25) is 4.79 Å². The van der Waals surface area contributed by atoms with Crippen molar-refractivity contribution in [2.45, 2.75) is 24.5 Å². The van der Waals surface area contributed by atoms with Gasteiger partial charge in [0.15, 0.2) is 0 Å². The average Bonchev–Trinajstić information content (AvgIpc) is 3.11. The summed E-state index contributed by atoms with van der Waals surface area (Å²) in [4.78, 5) is 14.0. The second-order valence-corrected chi connectivity index (χ2v) is 6.07. The van der Waals surface area contributed by atoms with Crippen molar-refractivity contribution in [1.82, 2.24) is 4.90 Å². The topological polar surface area (TPSA) is 33.5 Å². The van der Waals surface area contributed by atoms with Crippen molar-refractivity contribution in [1.29, 1.82) is 0 Å². The van der Waals surface area contributed by atoms with E-state index in [1.165, 1.54) is 0 Å². The fraction of sp³-hybridized carbons (Fsp3) is 0.615. The molecule has 17 heavy (non-hydrogen) atoms. The third kappa shape index (κ3) is 2.51. The van der Waals surface area contributed by atoms with Crippen molar-refractivity contribution in [2.24, 2.45) is 5.92 Å². The highest BCUT2D eigenvalue weighted by atomic mass is 32.2. The molecule has 2 fully saturated rings. The predicted molar refractivity (Wildman–Crippen MR) is 67.8 cm³/mol. The lowest BCUT2D eigenvalue weighted by Crippen LogP contribution is -2.34. The van der Waals surface area contributed by atoms with Crippen LogP contribution in [0.25, 0.3) is 0 Å². The summed E-state index contributed by atoms with van der Waals surface area (Å²) in [5.74, 6) is 2.80. The molecule has 4 heteroatoms. The SMILES string of the molecule is O=C(C1CC1)N1CCS[C@H](c2ccco2)CC1. The minimum Gasteiger partial charge on any atom is -0.468 e. The van der Waals surface area contributed by atoms with Crippen molar-refractivity contribution in [2.75, 3.05) is 18.8 Å². The van der Waals surface area contributed by atoms with Crippen LogP contribution in [0.4, 0.5) is 0 Å². The molecule has 1 aliphatic heterocycles. The number of furan rings is 1. The molecule has 1 aromatic heterocycles. The maximum Gasteiger partial charge on any atom is 0.225 e. The molecule has 0 bridgehead atoms. The molecule has 0 radical (unpaired) electrons. The first-order chi connectivity index (χ1) is 8.34. The molecule has 0 N–H and O–H groups in total. The Morgan fingerprint density at radius 2 is 2.24 bits per heavy atom. The van der Waals surface area contributed by atoms with Gasteiger partial charge in [0.1, 0.15) is 5.76 Å². The minimum absolute atomic E-state index is 0.347. The number of nitrogens with zero attached hydrogens (tertiary/aromatic N) is 1. The highest BCUT2D eigenvalue weighted by molar-refractivity contribution is 7.99. The summed E-state index contributed by atoms with van der Waals surface area (Å²) in [6.07, 6.45) is 4.94. The van der Waals surface area contributed by atoms with E-state index in [9.17, 15) is 4.79 Å². The van der Waals surface area contributed by atoms with Crippen molar-refractivity contribution in [3.8, 4) is 0 Å². The summed E-state index contributed by atoms with van der Waals surface area (Å²) in [5, 5.41) is 0.419. The fourth-order valence-corrected chi connectivity index (χ4v) is 3.46. The molecule has 0 unspecified atom stereocenters. The molecule has 1 atom stereocenters. The molecule has 92 valence electrons. The first-order valence-electron chi connectivity index (χ1n) is 6.28. The number of hydrogen-bond acceptors (Lipinski definition) is 3. The van der Waals surface area contributed by atoms with Crippen LogP contribution in [0.15, 0.2) is 22.8 Å². The van der Waals surface area contributed by atoms with Crippen LogP contribution < -0.4 is 0 Å². The maximum absolute atomic E-state index is 12.0. The first-order valence-corrected chi connectivity index (χ1v) is 7.33. The van der Waals surface area contributed by atoms with Crippen LogP contribution in [0, 0.1) is 5.92 Å². The molecule has 2 heterocycles. The van der Waals surface area contributed by atoms with Crippen molar-refractivity contribution < 1.29 is 9.21 Å². The van der Waals surface area contributed by atoms with Gasteiger partial charge in [0.25, 0.3) is 0 Å². The van der Waals surface area contributed by atoms with E-state index in [0.717, 1.165) is 43.9 Å². The van der Waals surface area contributed by atoms with E-state index in [2.05, 4.69) is 0 Å². The number of carbonyl (C=O) groups is 1. The van der Waals surface area contributed by atoms with E-state index < -0.39 is 0 Å². The third-order valence-electron chi connectivity index (χ3n) is 3.44. The Hall–Kier alpha value is -0.900. The summed E-state index contributed by atoms with van der Waals surface area (Å²) >= 11 is 1.91. The molecule has 1 saturated carbocycles. The van der Waals surface area contributed by atoms with E-state index in [-0.39, 0.29) is 0 Å². The highest BCUT2D eigenvalue weighted by Gasteiger charge is 2.34. The summed E-state index contributed by atoms with van der Waals surface area (Å²) in [6.45, 7) is 1.78. The Morgan fingerprint density at radius 3 is 2.94 bits per heavy atom. The lowest BCUT2D eigenvalue weighted by Gasteiger charge is -2.19. The van der Waals surface area contributed by atoms with Gasteiger partial charge in [-0.25, -0.2) is 0 Å². The summed E-state index contributed by atoms with van der Waals surface area (Å²) in [5.41, 5.74) is 0. The Morgan fingerprint density at radius 1 is 1.35 bits per heavy atom. The van der Waals surface area contributed by atoms with Gasteiger partial charge in [-0.05, 0) is 31.4 Å². The summed E-state index contributed by atoms with van der Waals surface area (Å²) in [6, 6.07) is 3.98. The fourth-order valence-electron chi connectivity index (χ4n) is 2.28. The van der Waals surface area contributed by atoms with Crippen LogP contribution in [0.1, 0.15) is 30.3 Å². The van der Waals surface area contributed by atoms with Gasteiger partial charge in [-0.1, -0.05) is 0 Å². The van der Waals surface area contributed by atoms with E-state index in [1.807, 2.05) is 28.8 Å². The van der Waals surface area contributed by atoms with E-state index in [4.69, 9.17) is 4.42 Å². The molecule has 1 saturated heterocycles. The lowest BCUT2D eigenvalue weighted by atomic mass is 10.2. The van der Waals surface area contributed by atoms with Crippen LogP contribution in [0.2, 0.25) is 0 Å². The average molecular weight is 251 g/mol. The van der Waals surface area contributed by atoms with Crippen LogP contribution in [-0.2, 0) is 4.79 Å². The predicted octanol–water partition coefficient (Wildman–Crippen LogP) is 2.70. The molecule has 1 aliphatic carbocycles. The minimum atomic E-state index is 0.347. The smallest absolute Gasteiger partial charge is 0.225 e. The molecule has 0 spiro atoms. The van der Waals surface area contributed by atoms with E-state index in [1.54, 1.807) is 6.26 Å². The van der Waals surface area contributed by atoms with E-state index >= 15 is 0 Å². The Balaban J connectivity index is 1.61. The largest absolute Gasteiger partial charge is 0.468 e. The second-order valence-electron chi connectivity index (χ2n) is 4.76. The van der Waals surface area contributed by atoms with Crippen LogP contribution in [0.5, 0.6) is 0 Å². The number of thioether (sulfide) groups is 1. The Labute approximate surface area is 106 Å². The van der Waals surface area contributed by atoms with Gasteiger partial charge in [-0.2, -0.15) is 0 Å².